The molecular weight excluding hydrogens is 387 g/mol. The fourth-order valence-electron chi connectivity index (χ4n) is 3.22. The van der Waals surface area contributed by atoms with Gasteiger partial charge in [0.25, 0.3) is 0 Å². The third-order valence-electron chi connectivity index (χ3n) is 4.75. The Bertz CT molecular complexity index is 997. The summed E-state index contributed by atoms with van der Waals surface area (Å²) >= 11 is 12.1. The Hall–Kier alpha value is -2.38. The summed E-state index contributed by atoms with van der Waals surface area (Å²) in [5.41, 5.74) is 2.68. The van der Waals surface area contributed by atoms with Crippen LogP contribution in [0, 0.1) is 6.92 Å². The van der Waals surface area contributed by atoms with Gasteiger partial charge >= 0.3 is 0 Å². The first kappa shape index (κ1) is 18.0. The second-order valence-corrected chi connectivity index (χ2v) is 7.29. The number of anilines is 1. The standard InChI is InChI=1S/C18H18Cl2N6O/c1-12-8-13(2-3-15(12)19)24-4-6-25(7-5-24)16(27)10-26-9-14-17(20)21-11-22-18(14)23-26/h2-3,8-9,11H,4-7,10H2,1H3. The summed E-state index contributed by atoms with van der Waals surface area (Å²) in [6.45, 7) is 5.06. The third kappa shape index (κ3) is 3.70. The molecule has 3 aromatic rings. The lowest BCUT2D eigenvalue weighted by atomic mass is 10.2. The first-order chi connectivity index (χ1) is 13.0. The van der Waals surface area contributed by atoms with Gasteiger partial charge in [0.05, 0.1) is 5.39 Å². The zero-order chi connectivity index (χ0) is 19.0. The van der Waals surface area contributed by atoms with Crippen molar-refractivity contribution in [3.63, 3.8) is 0 Å². The number of carbonyl (C=O) groups excluding carboxylic acids is 1. The van der Waals surface area contributed by atoms with Gasteiger partial charge in [-0.3, -0.25) is 9.48 Å². The van der Waals surface area contributed by atoms with Crippen LogP contribution >= 0.6 is 23.2 Å². The van der Waals surface area contributed by atoms with Crippen LogP contribution in [0.25, 0.3) is 11.0 Å². The summed E-state index contributed by atoms with van der Waals surface area (Å²) in [6, 6.07) is 6.02. The maximum atomic E-state index is 12.6. The van der Waals surface area contributed by atoms with Gasteiger partial charge in [0.1, 0.15) is 18.0 Å². The summed E-state index contributed by atoms with van der Waals surface area (Å²) in [4.78, 5) is 24.8. The predicted molar refractivity (Wildman–Crippen MR) is 105 cm³/mol. The highest BCUT2D eigenvalue weighted by Gasteiger charge is 2.22. The first-order valence-corrected chi connectivity index (χ1v) is 9.39. The van der Waals surface area contributed by atoms with Gasteiger partial charge in [-0.2, -0.15) is 5.10 Å². The van der Waals surface area contributed by atoms with Crippen LogP contribution in [0.4, 0.5) is 5.69 Å². The van der Waals surface area contributed by atoms with Crippen LogP contribution in [0.3, 0.4) is 0 Å². The van der Waals surface area contributed by atoms with Gasteiger partial charge in [-0.05, 0) is 30.7 Å². The van der Waals surface area contributed by atoms with Gasteiger partial charge < -0.3 is 9.80 Å². The summed E-state index contributed by atoms with van der Waals surface area (Å²) in [6.07, 6.45) is 3.07. The number of carbonyl (C=O) groups is 1. The molecule has 7 nitrogen and oxygen atoms in total. The van der Waals surface area contributed by atoms with Gasteiger partial charge in [0.2, 0.25) is 5.91 Å². The highest BCUT2D eigenvalue weighted by Crippen LogP contribution is 2.23. The maximum absolute atomic E-state index is 12.6. The average molecular weight is 405 g/mol. The lowest BCUT2D eigenvalue weighted by molar-refractivity contribution is -0.132. The molecular formula is C18H18Cl2N6O. The van der Waals surface area contributed by atoms with Gasteiger partial charge in [-0.1, -0.05) is 23.2 Å². The Balaban J connectivity index is 1.39. The first-order valence-electron chi connectivity index (χ1n) is 8.64. The Labute approximate surface area is 166 Å². The lowest BCUT2D eigenvalue weighted by Crippen LogP contribution is -2.49. The van der Waals surface area contributed by atoms with Crippen molar-refractivity contribution in [1.82, 2.24) is 24.6 Å². The SMILES string of the molecule is Cc1cc(N2CCN(C(=O)Cn3cc4c(Cl)ncnc4n3)CC2)ccc1Cl. The number of halogens is 2. The number of aryl methyl sites for hydroxylation is 1. The molecule has 0 atom stereocenters. The van der Waals surface area contributed by atoms with E-state index in [0.29, 0.717) is 29.3 Å². The van der Waals surface area contributed by atoms with Gasteiger partial charge in [-0.15, -0.1) is 0 Å². The fraction of sp³-hybridized carbons (Fsp3) is 0.333. The largest absolute Gasteiger partial charge is 0.368 e. The molecule has 140 valence electrons. The van der Waals surface area contributed by atoms with Gasteiger partial charge in [0, 0.05) is 43.1 Å². The third-order valence-corrected chi connectivity index (χ3v) is 5.48. The number of piperazine rings is 1. The molecule has 0 aliphatic carbocycles. The second-order valence-electron chi connectivity index (χ2n) is 6.53. The van der Waals surface area contributed by atoms with Crippen molar-refractivity contribution < 1.29 is 4.79 Å². The number of hydrogen-bond donors (Lipinski definition) is 0. The molecule has 0 unspecified atom stereocenters. The molecule has 3 heterocycles. The van der Waals surface area contributed by atoms with Crippen molar-refractivity contribution in [2.24, 2.45) is 0 Å². The van der Waals surface area contributed by atoms with Crippen LogP contribution in [0.1, 0.15) is 5.56 Å². The molecule has 9 heteroatoms. The number of nitrogens with zero attached hydrogens (tertiary/aromatic N) is 6. The predicted octanol–water partition coefficient (Wildman–Crippen LogP) is 2.79. The topological polar surface area (TPSA) is 67.2 Å². The van der Waals surface area contributed by atoms with E-state index in [1.54, 1.807) is 10.9 Å². The van der Waals surface area contributed by atoms with Crippen LogP contribution in [0.2, 0.25) is 10.2 Å². The van der Waals surface area contributed by atoms with Gasteiger partial charge in [-0.25, -0.2) is 9.97 Å². The van der Waals surface area contributed by atoms with E-state index in [4.69, 9.17) is 23.2 Å². The van der Waals surface area contributed by atoms with Crippen LogP contribution in [-0.4, -0.2) is 56.7 Å². The van der Waals surface area contributed by atoms with E-state index in [9.17, 15) is 4.79 Å². The van der Waals surface area contributed by atoms with Crippen molar-refractivity contribution in [2.75, 3.05) is 31.1 Å². The molecule has 1 aliphatic heterocycles. The Morgan fingerprint density at radius 2 is 1.93 bits per heavy atom. The molecule has 27 heavy (non-hydrogen) atoms. The highest BCUT2D eigenvalue weighted by atomic mass is 35.5. The summed E-state index contributed by atoms with van der Waals surface area (Å²) in [5, 5.41) is 6.05. The minimum absolute atomic E-state index is 0.0267. The molecule has 1 amide bonds. The van der Waals surface area contributed by atoms with Crippen molar-refractivity contribution >= 4 is 45.8 Å². The van der Waals surface area contributed by atoms with Crippen LogP contribution < -0.4 is 4.90 Å². The van der Waals surface area contributed by atoms with Crippen LogP contribution in [0.5, 0.6) is 0 Å². The number of benzene rings is 1. The summed E-state index contributed by atoms with van der Waals surface area (Å²) in [5.74, 6) is 0.0267. The average Bonchev–Trinajstić information content (AvgIpc) is 3.08. The van der Waals surface area contributed by atoms with Crippen molar-refractivity contribution in [3.05, 3.63) is 46.5 Å². The zero-order valence-electron chi connectivity index (χ0n) is 14.8. The molecule has 2 aromatic heterocycles. The molecule has 0 spiro atoms. The quantitative estimate of drug-likeness (QED) is 0.627. The van der Waals surface area contributed by atoms with Crippen LogP contribution in [0.15, 0.2) is 30.7 Å². The Morgan fingerprint density at radius 1 is 1.15 bits per heavy atom. The van der Waals surface area contributed by atoms with E-state index in [0.717, 1.165) is 29.4 Å². The smallest absolute Gasteiger partial charge is 0.244 e. The van der Waals surface area contributed by atoms with E-state index in [2.05, 4.69) is 26.0 Å². The van der Waals surface area contributed by atoms with Crippen molar-refractivity contribution in [2.45, 2.75) is 13.5 Å². The second kappa shape index (κ2) is 7.32. The zero-order valence-corrected chi connectivity index (χ0v) is 16.3. The van der Waals surface area contributed by atoms with Gasteiger partial charge in [0.15, 0.2) is 5.65 Å². The van der Waals surface area contributed by atoms with Crippen molar-refractivity contribution in [3.8, 4) is 0 Å². The molecule has 0 N–H and O–H groups in total. The Kier molecular flexibility index (Phi) is 4.88. The minimum atomic E-state index is 0.0267. The van der Waals surface area contributed by atoms with E-state index >= 15 is 0 Å². The van der Waals surface area contributed by atoms with E-state index in [1.165, 1.54) is 6.33 Å². The minimum Gasteiger partial charge on any atom is -0.368 e. The summed E-state index contributed by atoms with van der Waals surface area (Å²) in [7, 11) is 0. The maximum Gasteiger partial charge on any atom is 0.244 e. The molecule has 1 aliphatic rings. The molecule has 1 fully saturated rings. The number of hydrogen-bond acceptors (Lipinski definition) is 5. The normalized spacial score (nSPS) is 14.8. The number of aromatic nitrogens is 4. The van der Waals surface area contributed by atoms with Crippen molar-refractivity contribution in [1.29, 1.82) is 0 Å². The molecule has 1 saturated heterocycles. The number of rotatable bonds is 3. The number of fused-ring (bicyclic) bond motifs is 1. The van der Waals surface area contributed by atoms with E-state index in [-0.39, 0.29) is 12.5 Å². The molecule has 0 saturated carbocycles. The Morgan fingerprint density at radius 3 is 2.63 bits per heavy atom. The van der Waals surface area contributed by atoms with Crippen LogP contribution in [-0.2, 0) is 11.3 Å². The monoisotopic (exact) mass is 404 g/mol. The molecule has 0 bridgehead atoms. The van der Waals surface area contributed by atoms with E-state index < -0.39 is 0 Å². The molecule has 1 aromatic carbocycles. The number of amides is 1. The molecule has 4 rings (SSSR count). The molecule has 0 radical (unpaired) electrons. The summed E-state index contributed by atoms with van der Waals surface area (Å²) < 4.78 is 1.57. The van der Waals surface area contributed by atoms with E-state index in [1.807, 2.05) is 24.0 Å². The lowest BCUT2D eigenvalue weighted by Gasteiger charge is -2.36. The fourth-order valence-corrected chi connectivity index (χ4v) is 3.51. The highest BCUT2D eigenvalue weighted by molar-refractivity contribution is 6.33.